The van der Waals surface area contributed by atoms with Crippen LogP contribution in [0.25, 0.3) is 0 Å². The van der Waals surface area contributed by atoms with Crippen molar-refractivity contribution in [3.63, 3.8) is 0 Å². The molecular weight excluding hydrogens is 330 g/mol. The van der Waals surface area contributed by atoms with Crippen LogP contribution in [0.15, 0.2) is 9.85 Å². The summed E-state index contributed by atoms with van der Waals surface area (Å²) in [6, 6.07) is 2.94. The topological polar surface area (TPSA) is 12.0 Å². The number of nitrogens with one attached hydrogen (secondary N) is 1. The van der Waals surface area contributed by atoms with Gasteiger partial charge in [-0.1, -0.05) is 26.7 Å². The zero-order chi connectivity index (χ0) is 14.6. The van der Waals surface area contributed by atoms with E-state index in [0.717, 1.165) is 0 Å². The fourth-order valence-electron chi connectivity index (χ4n) is 3.50. The molecule has 0 aliphatic heterocycles. The summed E-state index contributed by atoms with van der Waals surface area (Å²) in [6.45, 7) is 7.93. The molecule has 1 saturated carbocycles. The second kappa shape index (κ2) is 7.42. The van der Waals surface area contributed by atoms with Gasteiger partial charge in [-0.3, -0.25) is 0 Å². The van der Waals surface area contributed by atoms with E-state index in [-0.39, 0.29) is 0 Å². The maximum atomic E-state index is 3.62. The lowest BCUT2D eigenvalue weighted by atomic mass is 9.77. The van der Waals surface area contributed by atoms with Gasteiger partial charge in [-0.05, 0) is 78.5 Å². The first kappa shape index (κ1) is 16.5. The van der Waals surface area contributed by atoms with Crippen LogP contribution in [-0.2, 0) is 6.42 Å². The van der Waals surface area contributed by atoms with E-state index in [1.807, 2.05) is 11.3 Å². The van der Waals surface area contributed by atoms with Crippen molar-refractivity contribution in [1.29, 1.82) is 0 Å². The van der Waals surface area contributed by atoms with Crippen LogP contribution in [0.3, 0.4) is 0 Å². The SMILES string of the molecule is Cc1sc(Br)cc1CCC1(CCNC(C)C)CCCC1. The van der Waals surface area contributed by atoms with Gasteiger partial charge in [0, 0.05) is 10.9 Å². The molecule has 0 bridgehead atoms. The molecule has 0 radical (unpaired) electrons. The minimum Gasteiger partial charge on any atom is -0.315 e. The van der Waals surface area contributed by atoms with Gasteiger partial charge >= 0.3 is 0 Å². The van der Waals surface area contributed by atoms with Crippen molar-refractivity contribution < 1.29 is 0 Å². The van der Waals surface area contributed by atoms with E-state index in [0.29, 0.717) is 11.5 Å². The van der Waals surface area contributed by atoms with Crippen LogP contribution >= 0.6 is 27.3 Å². The first-order valence-electron chi connectivity index (χ1n) is 7.99. The Kier molecular flexibility index (Phi) is 6.12. The molecule has 1 aromatic heterocycles. The summed E-state index contributed by atoms with van der Waals surface area (Å²) in [7, 11) is 0. The molecule has 0 aromatic carbocycles. The van der Waals surface area contributed by atoms with E-state index in [1.165, 1.54) is 60.2 Å². The minimum atomic E-state index is 0.614. The number of halogens is 1. The van der Waals surface area contributed by atoms with Crippen molar-refractivity contribution in [2.24, 2.45) is 5.41 Å². The maximum Gasteiger partial charge on any atom is 0.0704 e. The van der Waals surface area contributed by atoms with Crippen LogP contribution in [0, 0.1) is 12.3 Å². The van der Waals surface area contributed by atoms with Gasteiger partial charge in [0.15, 0.2) is 0 Å². The minimum absolute atomic E-state index is 0.614. The second-order valence-electron chi connectivity index (χ2n) is 6.70. The van der Waals surface area contributed by atoms with Crippen LogP contribution < -0.4 is 5.32 Å². The Hall–Kier alpha value is 0.140. The molecule has 1 aliphatic carbocycles. The average Bonchev–Trinajstić information content (AvgIpc) is 2.94. The summed E-state index contributed by atoms with van der Waals surface area (Å²) in [5.74, 6) is 0. The Balaban J connectivity index is 1.90. The van der Waals surface area contributed by atoms with Gasteiger partial charge in [-0.15, -0.1) is 11.3 Å². The molecule has 2 rings (SSSR count). The summed E-state index contributed by atoms with van der Waals surface area (Å²) in [4.78, 5) is 1.49. The highest BCUT2D eigenvalue weighted by molar-refractivity contribution is 9.11. The molecule has 0 saturated heterocycles. The van der Waals surface area contributed by atoms with E-state index < -0.39 is 0 Å². The van der Waals surface area contributed by atoms with Crippen molar-refractivity contribution in [1.82, 2.24) is 5.32 Å². The molecule has 20 heavy (non-hydrogen) atoms. The fourth-order valence-corrected chi connectivity index (χ4v) is 5.29. The Morgan fingerprint density at radius 1 is 1.30 bits per heavy atom. The quantitative estimate of drug-likeness (QED) is 0.659. The third kappa shape index (κ3) is 4.57. The number of aryl methyl sites for hydroxylation is 2. The maximum absolute atomic E-state index is 3.62. The lowest BCUT2D eigenvalue weighted by Gasteiger charge is -2.30. The van der Waals surface area contributed by atoms with Crippen molar-refractivity contribution in [3.8, 4) is 0 Å². The summed E-state index contributed by atoms with van der Waals surface area (Å²) in [5, 5.41) is 3.61. The number of hydrogen-bond acceptors (Lipinski definition) is 2. The van der Waals surface area contributed by atoms with Gasteiger partial charge in [0.2, 0.25) is 0 Å². The molecule has 114 valence electrons. The lowest BCUT2D eigenvalue weighted by Crippen LogP contribution is -2.29. The standard InChI is InChI=1S/C17H28BrNS/c1-13(2)19-11-10-17(7-4-5-8-17)9-6-15-12-16(18)20-14(15)3/h12-13,19H,4-11H2,1-3H3. The summed E-state index contributed by atoms with van der Waals surface area (Å²) in [5.41, 5.74) is 2.17. The number of hydrogen-bond donors (Lipinski definition) is 1. The second-order valence-corrected chi connectivity index (χ2v) is 9.33. The fraction of sp³-hybridized carbons (Fsp3) is 0.765. The first-order valence-corrected chi connectivity index (χ1v) is 9.60. The zero-order valence-electron chi connectivity index (χ0n) is 13.1. The Bertz CT molecular complexity index is 419. The van der Waals surface area contributed by atoms with Gasteiger partial charge < -0.3 is 5.32 Å². The van der Waals surface area contributed by atoms with Crippen LogP contribution in [0.5, 0.6) is 0 Å². The van der Waals surface area contributed by atoms with Gasteiger partial charge in [-0.2, -0.15) is 0 Å². The van der Waals surface area contributed by atoms with Crippen molar-refractivity contribution in [2.75, 3.05) is 6.54 Å². The lowest BCUT2D eigenvalue weighted by molar-refractivity contribution is 0.242. The molecule has 3 heteroatoms. The Labute approximate surface area is 136 Å². The molecule has 1 fully saturated rings. The van der Waals surface area contributed by atoms with E-state index in [1.54, 1.807) is 5.56 Å². The van der Waals surface area contributed by atoms with Crippen molar-refractivity contribution in [2.45, 2.75) is 71.8 Å². The third-order valence-corrected chi connectivity index (χ3v) is 6.38. The van der Waals surface area contributed by atoms with Gasteiger partial charge in [0.05, 0.1) is 3.79 Å². The molecule has 0 spiro atoms. The number of thiophene rings is 1. The summed E-state index contributed by atoms with van der Waals surface area (Å²) < 4.78 is 1.28. The summed E-state index contributed by atoms with van der Waals surface area (Å²) >= 11 is 5.49. The first-order chi connectivity index (χ1) is 9.51. The highest BCUT2D eigenvalue weighted by Gasteiger charge is 2.33. The average molecular weight is 358 g/mol. The molecule has 1 aliphatic rings. The van der Waals surface area contributed by atoms with Crippen LogP contribution in [0.4, 0.5) is 0 Å². The highest BCUT2D eigenvalue weighted by Crippen LogP contribution is 2.45. The molecule has 0 atom stereocenters. The molecule has 0 unspecified atom stereocenters. The largest absolute Gasteiger partial charge is 0.315 e. The molecule has 0 amide bonds. The normalized spacial score (nSPS) is 18.1. The third-order valence-electron chi connectivity index (χ3n) is 4.79. The van der Waals surface area contributed by atoms with E-state index >= 15 is 0 Å². The van der Waals surface area contributed by atoms with Crippen LogP contribution in [0.2, 0.25) is 0 Å². The summed E-state index contributed by atoms with van der Waals surface area (Å²) in [6.07, 6.45) is 9.75. The van der Waals surface area contributed by atoms with Crippen molar-refractivity contribution >= 4 is 27.3 Å². The van der Waals surface area contributed by atoms with Crippen LogP contribution in [-0.4, -0.2) is 12.6 Å². The molecular formula is C17H28BrNS. The molecule has 1 nitrogen and oxygen atoms in total. The number of rotatable bonds is 7. The predicted molar refractivity (Wildman–Crippen MR) is 93.7 cm³/mol. The smallest absolute Gasteiger partial charge is 0.0704 e. The molecule has 1 aromatic rings. The highest BCUT2D eigenvalue weighted by atomic mass is 79.9. The predicted octanol–water partition coefficient (Wildman–Crippen LogP) is 5.70. The Morgan fingerprint density at radius 3 is 2.55 bits per heavy atom. The Morgan fingerprint density at radius 2 is 2.00 bits per heavy atom. The monoisotopic (exact) mass is 357 g/mol. The van der Waals surface area contributed by atoms with Crippen LogP contribution in [0.1, 0.15) is 62.8 Å². The molecule has 1 N–H and O–H groups in total. The van der Waals surface area contributed by atoms with Crippen molar-refractivity contribution in [3.05, 3.63) is 20.3 Å². The zero-order valence-corrected chi connectivity index (χ0v) is 15.5. The van der Waals surface area contributed by atoms with Gasteiger partial charge in [0.1, 0.15) is 0 Å². The van der Waals surface area contributed by atoms with E-state index in [2.05, 4.69) is 48.1 Å². The molecule has 1 heterocycles. The van der Waals surface area contributed by atoms with E-state index in [9.17, 15) is 0 Å². The van der Waals surface area contributed by atoms with E-state index in [4.69, 9.17) is 0 Å². The van der Waals surface area contributed by atoms with Gasteiger partial charge in [0.25, 0.3) is 0 Å². The van der Waals surface area contributed by atoms with Gasteiger partial charge in [-0.25, -0.2) is 0 Å².